The number of piperidine rings is 1. The van der Waals surface area contributed by atoms with Crippen LogP contribution >= 0.6 is 11.8 Å². The molecule has 0 saturated carbocycles. The van der Waals surface area contributed by atoms with Gasteiger partial charge in [0.05, 0.1) is 5.56 Å². The summed E-state index contributed by atoms with van der Waals surface area (Å²) >= 11 is 1.37. The standard InChI is InChI=1S/C31H29F3N4O4S/c32-31(33,34)23-13-11-21(12-14-23)29-37-26(27(42-29)22-9-6-16-38(17-22)25-10-4-5-15-35-25)28(39)36-24(30(40)41)19-43-18-20-7-2-1-3-8-20/h1-5,7-8,10-15,22,24H,6,9,16-19H2,(H,36,39)(H,40,41)/t22?,24-/m0/s1. The number of hydrogen-bond acceptors (Lipinski definition) is 7. The molecule has 0 aliphatic carbocycles. The summed E-state index contributed by atoms with van der Waals surface area (Å²) in [4.78, 5) is 36.5. The molecule has 12 heteroatoms. The summed E-state index contributed by atoms with van der Waals surface area (Å²) in [6, 6.07) is 18.3. The largest absolute Gasteiger partial charge is 0.480 e. The Labute approximate surface area is 250 Å². The average molecular weight is 611 g/mol. The molecule has 3 heterocycles. The lowest BCUT2D eigenvalue weighted by molar-refractivity contribution is -0.139. The number of carboxylic acid groups (broad SMARTS) is 1. The summed E-state index contributed by atoms with van der Waals surface area (Å²) in [5.74, 6) is -0.515. The van der Waals surface area contributed by atoms with E-state index in [1.165, 1.54) is 23.9 Å². The number of carboxylic acids is 1. The van der Waals surface area contributed by atoms with Crippen LogP contribution in [-0.2, 0) is 16.7 Å². The number of carbonyl (C=O) groups excluding carboxylic acids is 1. The zero-order valence-corrected chi connectivity index (χ0v) is 23.8. The molecule has 1 amide bonds. The SMILES string of the molecule is O=C(N[C@@H](CSCc1ccccc1)C(=O)O)c1nc(-c2ccc(C(F)(F)F)cc2)oc1C1CCCN(c2ccccn2)C1. The Morgan fingerprint density at radius 3 is 2.49 bits per heavy atom. The van der Waals surface area contributed by atoms with Crippen LogP contribution in [0, 0.1) is 0 Å². The second kappa shape index (κ2) is 13.3. The number of aliphatic carboxylic acids is 1. The number of carbonyl (C=O) groups is 2. The van der Waals surface area contributed by atoms with E-state index in [2.05, 4.69) is 20.2 Å². The molecule has 1 unspecified atom stereocenters. The minimum absolute atomic E-state index is 0.0193. The van der Waals surface area contributed by atoms with Gasteiger partial charge in [0.2, 0.25) is 5.89 Å². The first kappa shape index (κ1) is 30.1. The van der Waals surface area contributed by atoms with Crippen molar-refractivity contribution in [2.24, 2.45) is 0 Å². The summed E-state index contributed by atoms with van der Waals surface area (Å²) in [5.41, 5.74) is 0.384. The molecule has 2 atom stereocenters. The number of alkyl halides is 3. The fourth-order valence-corrected chi connectivity index (χ4v) is 5.91. The highest BCUT2D eigenvalue weighted by Crippen LogP contribution is 2.35. The van der Waals surface area contributed by atoms with Crippen LogP contribution in [-0.4, -0.2) is 51.8 Å². The number of thioether (sulfide) groups is 1. The van der Waals surface area contributed by atoms with Crippen LogP contribution in [0.4, 0.5) is 19.0 Å². The molecule has 2 aromatic carbocycles. The highest BCUT2D eigenvalue weighted by molar-refractivity contribution is 7.98. The highest BCUT2D eigenvalue weighted by Gasteiger charge is 2.34. The number of halogens is 3. The number of rotatable bonds is 10. The summed E-state index contributed by atoms with van der Waals surface area (Å²) in [7, 11) is 0. The van der Waals surface area contributed by atoms with Crippen molar-refractivity contribution in [2.75, 3.05) is 23.7 Å². The van der Waals surface area contributed by atoms with Gasteiger partial charge in [-0.2, -0.15) is 24.9 Å². The number of aromatic nitrogens is 2. The third-order valence-electron chi connectivity index (χ3n) is 7.09. The first-order valence-electron chi connectivity index (χ1n) is 13.7. The van der Waals surface area contributed by atoms with E-state index in [1.807, 2.05) is 48.5 Å². The minimum atomic E-state index is -4.51. The molecule has 1 aliphatic rings. The lowest BCUT2D eigenvalue weighted by Gasteiger charge is -2.32. The van der Waals surface area contributed by atoms with E-state index in [9.17, 15) is 27.9 Å². The molecule has 2 aromatic heterocycles. The Hall–Kier alpha value is -4.32. The lowest BCUT2D eigenvalue weighted by atomic mass is 9.94. The summed E-state index contributed by atoms with van der Waals surface area (Å²) < 4.78 is 45.5. The van der Waals surface area contributed by atoms with Crippen molar-refractivity contribution in [2.45, 2.75) is 36.7 Å². The van der Waals surface area contributed by atoms with Gasteiger partial charge in [-0.15, -0.1) is 0 Å². The molecule has 1 fully saturated rings. The molecule has 4 aromatic rings. The number of anilines is 1. The maximum Gasteiger partial charge on any atom is 0.416 e. The maximum atomic E-state index is 13.6. The minimum Gasteiger partial charge on any atom is -0.480 e. The van der Waals surface area contributed by atoms with Crippen molar-refractivity contribution >= 4 is 29.5 Å². The number of hydrogen-bond donors (Lipinski definition) is 2. The van der Waals surface area contributed by atoms with Crippen LogP contribution in [0.2, 0.25) is 0 Å². The van der Waals surface area contributed by atoms with Crippen molar-refractivity contribution < 1.29 is 32.3 Å². The summed E-state index contributed by atoms with van der Waals surface area (Å²) in [6.45, 7) is 1.21. The fourth-order valence-electron chi connectivity index (χ4n) is 4.91. The molecule has 1 aliphatic heterocycles. The third-order valence-corrected chi connectivity index (χ3v) is 8.20. The molecule has 8 nitrogen and oxygen atoms in total. The molecule has 0 radical (unpaired) electrons. The Bertz CT molecular complexity index is 1530. The monoisotopic (exact) mass is 610 g/mol. The van der Waals surface area contributed by atoms with E-state index in [-0.39, 0.29) is 34.6 Å². The number of amides is 1. The molecule has 2 N–H and O–H groups in total. The summed E-state index contributed by atoms with van der Waals surface area (Å²) in [5, 5.41) is 12.4. The molecule has 224 valence electrons. The smallest absolute Gasteiger partial charge is 0.416 e. The molecule has 43 heavy (non-hydrogen) atoms. The molecule has 5 rings (SSSR count). The zero-order chi connectivity index (χ0) is 30.4. The van der Waals surface area contributed by atoms with Gasteiger partial charge in [0.1, 0.15) is 17.6 Å². The highest BCUT2D eigenvalue weighted by atomic mass is 32.2. The van der Waals surface area contributed by atoms with Gasteiger partial charge in [0, 0.05) is 42.3 Å². The normalized spacial score (nSPS) is 16.1. The predicted octanol–water partition coefficient (Wildman–Crippen LogP) is 6.26. The second-order valence-electron chi connectivity index (χ2n) is 10.1. The lowest BCUT2D eigenvalue weighted by Crippen LogP contribution is -2.43. The summed E-state index contributed by atoms with van der Waals surface area (Å²) in [6.07, 6.45) is -1.38. The number of oxazole rings is 1. The van der Waals surface area contributed by atoms with Crippen LogP contribution in [0.3, 0.4) is 0 Å². The van der Waals surface area contributed by atoms with Crippen molar-refractivity contribution in [3.8, 4) is 11.5 Å². The van der Waals surface area contributed by atoms with Gasteiger partial charge in [-0.05, 0) is 54.8 Å². The molecular formula is C31H29F3N4O4S. The van der Waals surface area contributed by atoms with Gasteiger partial charge in [-0.25, -0.2) is 14.8 Å². The average Bonchev–Trinajstić information content (AvgIpc) is 3.47. The fraction of sp³-hybridized carbons (Fsp3) is 0.290. The number of pyridine rings is 1. The van der Waals surface area contributed by atoms with Crippen molar-refractivity contribution in [3.05, 3.63) is 102 Å². The van der Waals surface area contributed by atoms with Crippen molar-refractivity contribution in [1.29, 1.82) is 0 Å². The number of nitrogens with one attached hydrogen (secondary N) is 1. The van der Waals surface area contributed by atoms with Gasteiger partial charge in [0.25, 0.3) is 5.91 Å². The molecular weight excluding hydrogens is 581 g/mol. The number of nitrogens with zero attached hydrogens (tertiary/aromatic N) is 3. The first-order chi connectivity index (χ1) is 20.7. The second-order valence-corrected chi connectivity index (χ2v) is 11.2. The van der Waals surface area contributed by atoms with Crippen LogP contribution in [0.15, 0.2) is 83.4 Å². The predicted molar refractivity (Wildman–Crippen MR) is 157 cm³/mol. The topological polar surface area (TPSA) is 109 Å². The zero-order valence-electron chi connectivity index (χ0n) is 23.0. The van der Waals surface area contributed by atoms with E-state index >= 15 is 0 Å². The third kappa shape index (κ3) is 7.56. The Morgan fingerprint density at radius 1 is 1.07 bits per heavy atom. The van der Waals surface area contributed by atoms with Gasteiger partial charge in [-0.3, -0.25) is 4.79 Å². The van der Waals surface area contributed by atoms with Gasteiger partial charge < -0.3 is 19.7 Å². The van der Waals surface area contributed by atoms with Crippen LogP contribution in [0.25, 0.3) is 11.5 Å². The van der Waals surface area contributed by atoms with Gasteiger partial charge >= 0.3 is 12.1 Å². The van der Waals surface area contributed by atoms with Crippen LogP contribution < -0.4 is 10.2 Å². The quantitative estimate of drug-likeness (QED) is 0.217. The molecule has 1 saturated heterocycles. The van der Waals surface area contributed by atoms with E-state index < -0.39 is 29.7 Å². The van der Waals surface area contributed by atoms with E-state index in [0.717, 1.165) is 36.5 Å². The first-order valence-corrected chi connectivity index (χ1v) is 14.8. The van der Waals surface area contributed by atoms with E-state index in [4.69, 9.17) is 4.42 Å². The van der Waals surface area contributed by atoms with Gasteiger partial charge in [0.15, 0.2) is 5.69 Å². The molecule has 0 spiro atoms. The van der Waals surface area contributed by atoms with E-state index in [0.29, 0.717) is 18.7 Å². The van der Waals surface area contributed by atoms with E-state index in [1.54, 1.807) is 6.20 Å². The van der Waals surface area contributed by atoms with Crippen LogP contribution in [0.1, 0.15) is 46.1 Å². The molecule has 0 bridgehead atoms. The van der Waals surface area contributed by atoms with Gasteiger partial charge in [-0.1, -0.05) is 36.4 Å². The van der Waals surface area contributed by atoms with Crippen molar-refractivity contribution in [1.82, 2.24) is 15.3 Å². The Balaban J connectivity index is 1.40. The number of benzene rings is 2. The Morgan fingerprint density at radius 2 is 1.81 bits per heavy atom. The Kier molecular flexibility index (Phi) is 9.34. The maximum absolute atomic E-state index is 13.6. The van der Waals surface area contributed by atoms with Crippen molar-refractivity contribution in [3.63, 3.8) is 0 Å². The van der Waals surface area contributed by atoms with Crippen LogP contribution in [0.5, 0.6) is 0 Å².